The number of carbonyl (C=O) groups is 2. The predicted octanol–water partition coefficient (Wildman–Crippen LogP) is 5.91. The number of allylic oxidation sites excluding steroid dienone is 2. The van der Waals surface area contributed by atoms with E-state index in [1.54, 1.807) is 0 Å². The van der Waals surface area contributed by atoms with Crippen LogP contribution in [0.5, 0.6) is 0 Å². The summed E-state index contributed by atoms with van der Waals surface area (Å²) < 4.78 is 10.3. The van der Waals surface area contributed by atoms with Crippen LogP contribution in [0.4, 0.5) is 0 Å². The van der Waals surface area contributed by atoms with Gasteiger partial charge in [0.2, 0.25) is 5.91 Å². The molecule has 0 unspecified atom stereocenters. The number of carbonyl (C=O) groups excluding carboxylic acids is 2. The summed E-state index contributed by atoms with van der Waals surface area (Å²) in [5.74, 6) is -0.321. The molecule has 0 bridgehead atoms. The Hall–Kier alpha value is -1.40. The van der Waals surface area contributed by atoms with Gasteiger partial charge in [0.15, 0.2) is 6.73 Å². The molecule has 0 N–H and O–H groups in total. The van der Waals surface area contributed by atoms with Crippen molar-refractivity contribution in [2.24, 2.45) is 0 Å². The molecular formula is C26H50N2O4. The topological polar surface area (TPSA) is 59.1 Å². The van der Waals surface area contributed by atoms with Crippen molar-refractivity contribution < 1.29 is 19.1 Å². The minimum Gasteiger partial charge on any atom is -0.444 e. The minimum absolute atomic E-state index is 0.0377. The number of amides is 1. The molecule has 0 radical (unpaired) electrons. The van der Waals surface area contributed by atoms with E-state index in [-0.39, 0.29) is 25.3 Å². The van der Waals surface area contributed by atoms with Crippen molar-refractivity contribution in [3.63, 3.8) is 0 Å². The minimum atomic E-state index is -0.246. The number of methoxy groups -OCH3 is 1. The lowest BCUT2D eigenvalue weighted by molar-refractivity contribution is -0.157. The maximum absolute atomic E-state index is 12.2. The van der Waals surface area contributed by atoms with Crippen LogP contribution in [-0.4, -0.2) is 62.9 Å². The SMILES string of the molecule is CCCCCCCC/C=C\CCCCCCCC(=O)OCN(COC)C(=O)CCN(C)C. The van der Waals surface area contributed by atoms with Crippen LogP contribution < -0.4 is 0 Å². The summed E-state index contributed by atoms with van der Waals surface area (Å²) in [6.45, 7) is 3.01. The van der Waals surface area contributed by atoms with Crippen LogP contribution in [-0.2, 0) is 19.1 Å². The van der Waals surface area contributed by atoms with Gasteiger partial charge in [-0.15, -0.1) is 0 Å². The van der Waals surface area contributed by atoms with Gasteiger partial charge in [0, 0.05) is 26.5 Å². The van der Waals surface area contributed by atoms with Crippen LogP contribution in [0.25, 0.3) is 0 Å². The van der Waals surface area contributed by atoms with Gasteiger partial charge in [0.1, 0.15) is 6.73 Å². The van der Waals surface area contributed by atoms with Gasteiger partial charge in [-0.05, 0) is 46.2 Å². The zero-order valence-corrected chi connectivity index (χ0v) is 21.4. The van der Waals surface area contributed by atoms with E-state index in [1.165, 1.54) is 69.8 Å². The molecule has 32 heavy (non-hydrogen) atoms. The van der Waals surface area contributed by atoms with Gasteiger partial charge in [0.05, 0.1) is 0 Å². The number of hydrogen-bond donors (Lipinski definition) is 0. The molecule has 0 heterocycles. The second-order valence-electron chi connectivity index (χ2n) is 8.88. The average molecular weight is 455 g/mol. The summed E-state index contributed by atoms with van der Waals surface area (Å²) in [6.07, 6.45) is 21.5. The molecule has 0 aliphatic rings. The number of ether oxygens (including phenoxy) is 2. The molecule has 6 heteroatoms. The number of esters is 1. The van der Waals surface area contributed by atoms with Gasteiger partial charge in [-0.25, -0.2) is 0 Å². The smallest absolute Gasteiger partial charge is 0.307 e. The van der Waals surface area contributed by atoms with E-state index in [0.717, 1.165) is 25.7 Å². The van der Waals surface area contributed by atoms with Gasteiger partial charge < -0.3 is 14.4 Å². The van der Waals surface area contributed by atoms with Crippen molar-refractivity contribution in [1.82, 2.24) is 9.80 Å². The molecule has 0 fully saturated rings. The molecular weight excluding hydrogens is 404 g/mol. The molecule has 0 rings (SSSR count). The van der Waals surface area contributed by atoms with Gasteiger partial charge >= 0.3 is 5.97 Å². The second-order valence-corrected chi connectivity index (χ2v) is 8.88. The number of hydrogen-bond acceptors (Lipinski definition) is 5. The monoisotopic (exact) mass is 454 g/mol. The summed E-state index contributed by atoms with van der Waals surface area (Å²) >= 11 is 0. The molecule has 0 saturated heterocycles. The molecule has 0 aromatic rings. The normalized spacial score (nSPS) is 11.4. The van der Waals surface area contributed by atoms with E-state index >= 15 is 0 Å². The number of unbranched alkanes of at least 4 members (excludes halogenated alkanes) is 11. The second kappa shape index (κ2) is 22.8. The zero-order valence-electron chi connectivity index (χ0n) is 21.4. The van der Waals surface area contributed by atoms with Crippen LogP contribution in [0.15, 0.2) is 12.2 Å². The summed E-state index contributed by atoms with van der Waals surface area (Å²) in [5, 5.41) is 0. The van der Waals surface area contributed by atoms with E-state index in [9.17, 15) is 9.59 Å². The van der Waals surface area contributed by atoms with Gasteiger partial charge in [-0.3, -0.25) is 14.5 Å². The average Bonchev–Trinajstić information content (AvgIpc) is 2.77. The fraction of sp³-hybridized carbons (Fsp3) is 0.846. The Morgan fingerprint density at radius 2 is 1.31 bits per heavy atom. The first-order valence-electron chi connectivity index (χ1n) is 12.7. The van der Waals surface area contributed by atoms with Crippen LogP contribution in [0.3, 0.4) is 0 Å². The molecule has 1 amide bonds. The van der Waals surface area contributed by atoms with Crippen molar-refractivity contribution in [3.05, 3.63) is 12.2 Å². The van der Waals surface area contributed by atoms with Gasteiger partial charge in [-0.2, -0.15) is 0 Å². The Morgan fingerprint density at radius 3 is 1.88 bits per heavy atom. The highest BCUT2D eigenvalue weighted by Gasteiger charge is 2.15. The molecule has 0 atom stereocenters. The van der Waals surface area contributed by atoms with Crippen molar-refractivity contribution >= 4 is 11.9 Å². The highest BCUT2D eigenvalue weighted by Crippen LogP contribution is 2.10. The third-order valence-electron chi connectivity index (χ3n) is 5.43. The molecule has 0 aromatic heterocycles. The van der Waals surface area contributed by atoms with Gasteiger partial charge in [0.25, 0.3) is 0 Å². The van der Waals surface area contributed by atoms with E-state index < -0.39 is 0 Å². The Morgan fingerprint density at radius 1 is 0.750 bits per heavy atom. The fourth-order valence-electron chi connectivity index (χ4n) is 3.38. The van der Waals surface area contributed by atoms with E-state index in [2.05, 4.69) is 19.1 Å². The van der Waals surface area contributed by atoms with Crippen molar-refractivity contribution in [1.29, 1.82) is 0 Å². The standard InChI is InChI=1S/C26H50N2O4/c1-5-6-7-8-9-10-11-12-13-14-15-16-17-18-19-20-26(30)32-24-28(23-31-4)25(29)21-22-27(2)3/h12-13H,5-11,14-24H2,1-4H3/b13-12-. The first-order valence-corrected chi connectivity index (χ1v) is 12.7. The summed E-state index contributed by atoms with van der Waals surface area (Å²) in [4.78, 5) is 27.5. The molecule has 0 aliphatic carbocycles. The summed E-state index contributed by atoms with van der Waals surface area (Å²) in [5.41, 5.74) is 0. The third-order valence-corrected chi connectivity index (χ3v) is 5.43. The molecule has 0 aliphatic heterocycles. The zero-order chi connectivity index (χ0) is 23.9. The van der Waals surface area contributed by atoms with Gasteiger partial charge in [-0.1, -0.05) is 70.4 Å². The first-order chi connectivity index (χ1) is 15.5. The maximum Gasteiger partial charge on any atom is 0.307 e. The Balaban J connectivity index is 3.63. The van der Waals surface area contributed by atoms with Crippen LogP contribution in [0, 0.1) is 0 Å². The lowest BCUT2D eigenvalue weighted by atomic mass is 10.1. The number of nitrogens with zero attached hydrogens (tertiary/aromatic N) is 2. The van der Waals surface area contributed by atoms with E-state index in [0.29, 0.717) is 19.4 Å². The lowest BCUT2D eigenvalue weighted by Crippen LogP contribution is -2.37. The summed E-state index contributed by atoms with van der Waals surface area (Å²) in [6, 6.07) is 0. The van der Waals surface area contributed by atoms with Crippen LogP contribution >= 0.6 is 0 Å². The predicted molar refractivity (Wildman–Crippen MR) is 132 cm³/mol. The van der Waals surface area contributed by atoms with E-state index in [1.807, 2.05) is 19.0 Å². The summed E-state index contributed by atoms with van der Waals surface area (Å²) in [7, 11) is 5.36. The molecule has 0 aromatic carbocycles. The van der Waals surface area contributed by atoms with E-state index in [4.69, 9.17) is 9.47 Å². The largest absolute Gasteiger partial charge is 0.444 e. The van der Waals surface area contributed by atoms with Crippen molar-refractivity contribution in [3.8, 4) is 0 Å². The highest BCUT2D eigenvalue weighted by molar-refractivity contribution is 5.76. The molecule has 0 spiro atoms. The number of rotatable bonds is 22. The fourth-order valence-corrected chi connectivity index (χ4v) is 3.38. The Bertz CT molecular complexity index is 480. The lowest BCUT2D eigenvalue weighted by Gasteiger charge is -2.22. The quantitative estimate of drug-likeness (QED) is 0.0881. The van der Waals surface area contributed by atoms with Crippen LogP contribution in [0.2, 0.25) is 0 Å². The molecule has 188 valence electrons. The van der Waals surface area contributed by atoms with Crippen molar-refractivity contribution in [2.45, 2.75) is 103 Å². The highest BCUT2D eigenvalue weighted by atomic mass is 16.6. The molecule has 6 nitrogen and oxygen atoms in total. The van der Waals surface area contributed by atoms with Crippen LogP contribution in [0.1, 0.15) is 103 Å². The Labute approximate surface area is 197 Å². The molecule has 0 saturated carbocycles. The Kier molecular flexibility index (Phi) is 21.8. The first kappa shape index (κ1) is 30.6. The van der Waals surface area contributed by atoms with Crippen molar-refractivity contribution in [2.75, 3.05) is 41.2 Å². The maximum atomic E-state index is 12.2. The third kappa shape index (κ3) is 20.5.